The number of nitrogens with zero attached hydrogens (tertiary/aromatic N) is 2. The Morgan fingerprint density at radius 2 is 1.38 bits per heavy atom. The van der Waals surface area contributed by atoms with E-state index in [2.05, 4.69) is 45.2 Å². The third-order valence-electron chi connectivity index (χ3n) is 4.17. The minimum atomic E-state index is 0.771. The second-order valence-electron chi connectivity index (χ2n) is 6.42. The molecule has 0 heterocycles. The normalized spacial score (nSPS) is 11.2. The van der Waals surface area contributed by atoms with E-state index in [4.69, 9.17) is 4.74 Å². The number of azo groups is 1. The Labute approximate surface area is 166 Å². The third-order valence-corrected chi connectivity index (χ3v) is 4.73. The molecule has 26 heavy (non-hydrogen) atoms. The van der Waals surface area contributed by atoms with Gasteiger partial charge in [-0.2, -0.15) is 10.2 Å². The molecule has 0 saturated heterocycles. The summed E-state index contributed by atoms with van der Waals surface area (Å²) in [6, 6.07) is 16.1. The molecule has 2 aromatic rings. The maximum absolute atomic E-state index is 5.77. The fourth-order valence-corrected chi connectivity index (χ4v) is 2.97. The van der Waals surface area contributed by atoms with E-state index in [1.165, 1.54) is 37.7 Å². The molecule has 2 rings (SSSR count). The summed E-state index contributed by atoms with van der Waals surface area (Å²) in [5.74, 6) is 0.893. The van der Waals surface area contributed by atoms with E-state index in [1.807, 2.05) is 36.4 Å². The summed E-state index contributed by atoms with van der Waals surface area (Å²) >= 11 is 3.45. The lowest BCUT2D eigenvalue weighted by Crippen LogP contribution is -1.96. The molecule has 0 aliphatic rings. The summed E-state index contributed by atoms with van der Waals surface area (Å²) in [5, 5.41) is 9.71. The second-order valence-corrected chi connectivity index (χ2v) is 7.21. The van der Waals surface area contributed by atoms with E-state index in [-0.39, 0.29) is 0 Å². The van der Waals surface area contributed by atoms with Gasteiger partial charge in [-0.3, -0.25) is 0 Å². The van der Waals surface area contributed by atoms with Crippen LogP contribution in [0.25, 0.3) is 0 Å². The van der Waals surface area contributed by atoms with Crippen LogP contribution in [0.5, 0.6) is 5.75 Å². The van der Waals surface area contributed by atoms with Crippen LogP contribution in [0.1, 0.15) is 51.0 Å². The molecule has 0 N–H and O–H groups in total. The van der Waals surface area contributed by atoms with Crippen LogP contribution in [0, 0.1) is 0 Å². The van der Waals surface area contributed by atoms with Crippen molar-refractivity contribution >= 4 is 27.3 Å². The molecule has 0 amide bonds. The van der Waals surface area contributed by atoms with Crippen LogP contribution < -0.4 is 4.74 Å². The highest BCUT2D eigenvalue weighted by molar-refractivity contribution is 9.09. The molecule has 0 aliphatic heterocycles. The maximum atomic E-state index is 5.77. The lowest BCUT2D eigenvalue weighted by atomic mass is 10.1. The van der Waals surface area contributed by atoms with Crippen LogP contribution in [0.3, 0.4) is 0 Å². The number of unbranched alkanes of at least 4 members (excludes halogenated alkanes) is 4. The molecule has 3 nitrogen and oxygen atoms in total. The molecule has 0 radical (unpaired) electrons. The van der Waals surface area contributed by atoms with Crippen LogP contribution >= 0.6 is 15.9 Å². The highest BCUT2D eigenvalue weighted by Crippen LogP contribution is 2.22. The van der Waals surface area contributed by atoms with Crippen molar-refractivity contribution in [3.8, 4) is 5.75 Å². The molecular formula is C22H29BrN2O. The summed E-state index contributed by atoms with van der Waals surface area (Å²) in [7, 11) is 0. The van der Waals surface area contributed by atoms with Crippen molar-refractivity contribution in [1.29, 1.82) is 0 Å². The largest absolute Gasteiger partial charge is 0.494 e. The minimum Gasteiger partial charge on any atom is -0.494 e. The van der Waals surface area contributed by atoms with Crippen molar-refractivity contribution in [2.24, 2.45) is 10.2 Å². The van der Waals surface area contributed by atoms with E-state index >= 15 is 0 Å². The second kappa shape index (κ2) is 12.6. The first-order valence-corrected chi connectivity index (χ1v) is 10.7. The van der Waals surface area contributed by atoms with Gasteiger partial charge in [-0.25, -0.2) is 0 Å². The molecule has 0 spiro atoms. The van der Waals surface area contributed by atoms with Gasteiger partial charge in [-0.05, 0) is 67.6 Å². The van der Waals surface area contributed by atoms with E-state index in [0.29, 0.717) is 0 Å². The molecule has 0 unspecified atom stereocenters. The average molecular weight is 417 g/mol. The van der Waals surface area contributed by atoms with Crippen molar-refractivity contribution in [2.75, 3.05) is 11.9 Å². The summed E-state index contributed by atoms with van der Waals surface area (Å²) < 4.78 is 5.77. The smallest absolute Gasteiger partial charge is 0.119 e. The standard InChI is InChI=1S/C22H29BrN2O/c1-2-3-8-19-9-11-20(12-10-19)24-25-21-13-15-22(16-14-21)26-18-7-5-4-6-17-23/h9-16H,2-8,17-18H2,1H3. The number of benzene rings is 2. The molecule has 140 valence electrons. The third kappa shape index (κ3) is 8.13. The zero-order valence-corrected chi connectivity index (χ0v) is 17.2. The number of hydrogen-bond donors (Lipinski definition) is 0. The highest BCUT2D eigenvalue weighted by Gasteiger charge is 1.97. The van der Waals surface area contributed by atoms with Gasteiger partial charge in [0.05, 0.1) is 18.0 Å². The van der Waals surface area contributed by atoms with Gasteiger partial charge in [-0.15, -0.1) is 0 Å². The van der Waals surface area contributed by atoms with Gasteiger partial charge >= 0.3 is 0 Å². The van der Waals surface area contributed by atoms with Crippen molar-refractivity contribution in [3.05, 3.63) is 54.1 Å². The summed E-state index contributed by atoms with van der Waals surface area (Å²) in [6.45, 7) is 2.98. The first-order chi connectivity index (χ1) is 12.8. The Hall–Kier alpha value is -1.68. The van der Waals surface area contributed by atoms with Gasteiger partial charge in [0.25, 0.3) is 0 Å². The molecule has 4 heteroatoms. The van der Waals surface area contributed by atoms with Crippen LogP contribution in [0.15, 0.2) is 58.8 Å². The predicted octanol–water partition coefficient (Wildman–Crippen LogP) is 7.78. The molecule has 0 aliphatic carbocycles. The Balaban J connectivity index is 1.76. The predicted molar refractivity (Wildman–Crippen MR) is 113 cm³/mol. The van der Waals surface area contributed by atoms with Gasteiger partial charge < -0.3 is 4.74 Å². The van der Waals surface area contributed by atoms with E-state index in [9.17, 15) is 0 Å². The Morgan fingerprint density at radius 3 is 2.00 bits per heavy atom. The number of ether oxygens (including phenoxy) is 1. The Kier molecular flexibility index (Phi) is 10.0. The number of aryl methyl sites for hydroxylation is 1. The Morgan fingerprint density at radius 1 is 0.769 bits per heavy atom. The van der Waals surface area contributed by atoms with Crippen molar-refractivity contribution in [1.82, 2.24) is 0 Å². The van der Waals surface area contributed by atoms with Crippen LogP contribution in [0.2, 0.25) is 0 Å². The quantitative estimate of drug-likeness (QED) is 0.197. The fourth-order valence-electron chi connectivity index (χ4n) is 2.57. The molecule has 0 bridgehead atoms. The first kappa shape index (κ1) is 20.6. The highest BCUT2D eigenvalue weighted by atomic mass is 79.9. The summed E-state index contributed by atoms with van der Waals surface area (Å²) in [5.41, 5.74) is 3.08. The Bertz CT molecular complexity index is 638. The fraction of sp³-hybridized carbons (Fsp3) is 0.455. The number of rotatable bonds is 12. The van der Waals surface area contributed by atoms with E-state index in [1.54, 1.807) is 0 Å². The number of hydrogen-bond acceptors (Lipinski definition) is 3. The summed E-state index contributed by atoms with van der Waals surface area (Å²) in [4.78, 5) is 0. The molecule has 0 atom stereocenters. The first-order valence-electron chi connectivity index (χ1n) is 9.61. The van der Waals surface area contributed by atoms with Crippen molar-refractivity contribution < 1.29 is 4.74 Å². The number of halogens is 1. The monoisotopic (exact) mass is 416 g/mol. The van der Waals surface area contributed by atoms with E-state index in [0.717, 1.165) is 41.9 Å². The van der Waals surface area contributed by atoms with E-state index < -0.39 is 0 Å². The lowest BCUT2D eigenvalue weighted by molar-refractivity contribution is 0.305. The summed E-state index contributed by atoms with van der Waals surface area (Å²) in [6.07, 6.45) is 8.39. The van der Waals surface area contributed by atoms with Crippen LogP contribution in [-0.2, 0) is 6.42 Å². The zero-order chi connectivity index (χ0) is 18.5. The van der Waals surface area contributed by atoms with Gasteiger partial charge in [-0.1, -0.05) is 54.2 Å². The van der Waals surface area contributed by atoms with Gasteiger partial charge in [0, 0.05) is 5.33 Å². The van der Waals surface area contributed by atoms with Gasteiger partial charge in [0.15, 0.2) is 0 Å². The van der Waals surface area contributed by atoms with Gasteiger partial charge in [0.1, 0.15) is 5.75 Å². The van der Waals surface area contributed by atoms with Gasteiger partial charge in [0.2, 0.25) is 0 Å². The molecule has 2 aromatic carbocycles. The number of alkyl halides is 1. The van der Waals surface area contributed by atoms with Crippen molar-refractivity contribution in [2.45, 2.75) is 51.9 Å². The SMILES string of the molecule is CCCCc1ccc(N=Nc2ccc(OCCCCCCBr)cc2)cc1. The average Bonchev–Trinajstić information content (AvgIpc) is 2.69. The molecule has 0 aromatic heterocycles. The minimum absolute atomic E-state index is 0.771. The zero-order valence-electron chi connectivity index (χ0n) is 15.7. The van der Waals surface area contributed by atoms with Crippen molar-refractivity contribution in [3.63, 3.8) is 0 Å². The maximum Gasteiger partial charge on any atom is 0.119 e. The molecule has 0 saturated carbocycles. The topological polar surface area (TPSA) is 34.0 Å². The molecule has 0 fully saturated rings. The van der Waals surface area contributed by atoms with Crippen LogP contribution in [-0.4, -0.2) is 11.9 Å². The van der Waals surface area contributed by atoms with Crippen LogP contribution in [0.4, 0.5) is 11.4 Å². The lowest BCUT2D eigenvalue weighted by Gasteiger charge is -2.05. The molecular weight excluding hydrogens is 388 g/mol.